The third-order valence-corrected chi connectivity index (χ3v) is 6.17. The third-order valence-electron chi connectivity index (χ3n) is 6.17. The number of alkyl carbamates (subject to hydrolysis) is 1. The number of rotatable bonds is 2. The molecule has 150 valence electrons. The molecule has 2 saturated heterocycles. The molecule has 3 aliphatic heterocycles. The normalized spacial score (nSPS) is 30.7. The Morgan fingerprint density at radius 1 is 1.14 bits per heavy atom. The molecule has 9 heteroatoms. The van der Waals surface area contributed by atoms with Crippen LogP contribution in [-0.4, -0.2) is 48.4 Å². The number of piperidine rings is 1. The Morgan fingerprint density at radius 3 is 2.54 bits per heavy atom. The quantitative estimate of drug-likeness (QED) is 0.835. The maximum absolute atomic E-state index is 13.2. The first kappa shape index (κ1) is 17.5. The number of nitrogens with zero attached hydrogens (tertiary/aromatic N) is 1. The minimum Gasteiger partial charge on any atom is -0.447 e. The van der Waals surface area contributed by atoms with Crippen LogP contribution >= 0.6 is 0 Å². The zero-order valence-electron chi connectivity index (χ0n) is 15.1. The van der Waals surface area contributed by atoms with Crippen molar-refractivity contribution in [2.75, 3.05) is 19.7 Å². The maximum Gasteiger partial charge on any atom is 0.586 e. The first-order valence-corrected chi connectivity index (χ1v) is 9.46. The molecular weight excluding hydrogens is 374 g/mol. The van der Waals surface area contributed by atoms with Crippen LogP contribution in [0, 0.1) is 5.92 Å². The number of alkyl halides is 2. The van der Waals surface area contributed by atoms with Crippen LogP contribution in [0.3, 0.4) is 0 Å². The van der Waals surface area contributed by atoms with Crippen molar-refractivity contribution in [2.45, 2.75) is 43.4 Å². The lowest BCUT2D eigenvalue weighted by Crippen LogP contribution is -2.58. The number of carbonyl (C=O) groups is 2. The largest absolute Gasteiger partial charge is 0.586 e. The van der Waals surface area contributed by atoms with E-state index < -0.39 is 12.4 Å². The fourth-order valence-corrected chi connectivity index (χ4v) is 4.68. The van der Waals surface area contributed by atoms with E-state index >= 15 is 0 Å². The molecule has 5 rings (SSSR count). The zero-order valence-corrected chi connectivity index (χ0v) is 15.1. The Hall–Kier alpha value is -2.58. The lowest BCUT2D eigenvalue weighted by molar-refractivity contribution is -0.286. The first-order valence-electron chi connectivity index (χ1n) is 9.46. The van der Waals surface area contributed by atoms with Gasteiger partial charge in [0.15, 0.2) is 11.5 Å². The van der Waals surface area contributed by atoms with Gasteiger partial charge in [0.05, 0.1) is 5.54 Å². The zero-order chi connectivity index (χ0) is 19.5. The predicted molar refractivity (Wildman–Crippen MR) is 91.1 cm³/mol. The van der Waals surface area contributed by atoms with Gasteiger partial charge in [-0.25, -0.2) is 4.79 Å². The molecular formula is C19H20F2N2O5. The highest BCUT2D eigenvalue weighted by Crippen LogP contribution is 2.44. The average molecular weight is 394 g/mol. The summed E-state index contributed by atoms with van der Waals surface area (Å²) in [5, 5.41) is 2.80. The van der Waals surface area contributed by atoms with E-state index in [2.05, 4.69) is 14.8 Å². The molecule has 1 aromatic carbocycles. The van der Waals surface area contributed by atoms with E-state index in [1.54, 1.807) is 12.1 Å². The second-order valence-electron chi connectivity index (χ2n) is 8.06. The Morgan fingerprint density at radius 2 is 1.86 bits per heavy atom. The van der Waals surface area contributed by atoms with Crippen LogP contribution in [0.1, 0.15) is 37.2 Å². The summed E-state index contributed by atoms with van der Waals surface area (Å²) in [5.41, 5.74) is 0.560. The summed E-state index contributed by atoms with van der Waals surface area (Å²) < 4.78 is 40.3. The number of fused-ring (bicyclic) bond motifs is 1. The Kier molecular flexibility index (Phi) is 3.73. The second-order valence-corrected chi connectivity index (χ2v) is 8.06. The molecule has 0 atom stereocenters. The summed E-state index contributed by atoms with van der Waals surface area (Å²) in [6, 6.07) is 4.90. The number of amides is 2. The molecule has 7 nitrogen and oxygen atoms in total. The van der Waals surface area contributed by atoms with Crippen molar-refractivity contribution in [3.63, 3.8) is 0 Å². The molecule has 0 unspecified atom stereocenters. The number of benzene rings is 1. The van der Waals surface area contributed by atoms with E-state index in [4.69, 9.17) is 4.74 Å². The number of carbonyl (C=O) groups excluding carboxylic acids is 2. The van der Waals surface area contributed by atoms with Crippen molar-refractivity contribution >= 4 is 12.0 Å². The van der Waals surface area contributed by atoms with E-state index in [9.17, 15) is 18.4 Å². The van der Waals surface area contributed by atoms with Crippen LogP contribution in [0.15, 0.2) is 18.2 Å². The van der Waals surface area contributed by atoms with Crippen molar-refractivity contribution < 1.29 is 32.6 Å². The van der Waals surface area contributed by atoms with Crippen LogP contribution in [0.5, 0.6) is 11.5 Å². The summed E-state index contributed by atoms with van der Waals surface area (Å²) in [6.45, 7) is 1.59. The molecule has 4 aliphatic rings. The van der Waals surface area contributed by atoms with Gasteiger partial charge in [-0.1, -0.05) is 6.07 Å². The van der Waals surface area contributed by atoms with E-state index in [1.807, 2.05) is 4.90 Å². The minimum absolute atomic E-state index is 0.0447. The molecule has 3 heterocycles. The number of hydrogen-bond acceptors (Lipinski definition) is 5. The fourth-order valence-electron chi connectivity index (χ4n) is 4.68. The van der Waals surface area contributed by atoms with E-state index in [0.717, 1.165) is 18.4 Å². The van der Waals surface area contributed by atoms with Gasteiger partial charge in [-0.15, -0.1) is 8.78 Å². The topological polar surface area (TPSA) is 77.1 Å². The fraction of sp³-hybridized carbons (Fsp3) is 0.579. The van der Waals surface area contributed by atoms with Gasteiger partial charge in [0.25, 0.3) is 0 Å². The van der Waals surface area contributed by atoms with Crippen LogP contribution in [0.2, 0.25) is 0 Å². The molecule has 3 fully saturated rings. The van der Waals surface area contributed by atoms with Gasteiger partial charge in [-0.3, -0.25) is 4.79 Å². The van der Waals surface area contributed by atoms with Crippen LogP contribution in [0.25, 0.3) is 0 Å². The molecule has 0 aromatic heterocycles. The number of halogens is 2. The smallest absolute Gasteiger partial charge is 0.447 e. The molecule has 2 amide bonds. The van der Waals surface area contributed by atoms with Crippen LogP contribution in [-0.2, 0) is 9.53 Å². The number of cyclic esters (lactones) is 1. The molecule has 1 aromatic rings. The highest BCUT2D eigenvalue weighted by atomic mass is 19.3. The number of likely N-dealkylation sites (tertiary alicyclic amines) is 1. The van der Waals surface area contributed by atoms with Crippen LogP contribution < -0.4 is 14.8 Å². The molecule has 1 spiro atoms. The summed E-state index contributed by atoms with van der Waals surface area (Å²) in [7, 11) is 0. The number of ether oxygens (including phenoxy) is 3. The summed E-state index contributed by atoms with van der Waals surface area (Å²) in [5.74, 6) is 0.328. The maximum atomic E-state index is 13.2. The minimum atomic E-state index is -3.61. The lowest BCUT2D eigenvalue weighted by Gasteiger charge is -2.45. The molecule has 0 radical (unpaired) electrons. The average Bonchev–Trinajstić information content (AvgIpc) is 3.17. The summed E-state index contributed by atoms with van der Waals surface area (Å²) in [4.78, 5) is 25.8. The predicted octanol–water partition coefficient (Wildman–Crippen LogP) is 2.60. The Bertz CT molecular complexity index is 832. The third kappa shape index (κ3) is 2.93. The van der Waals surface area contributed by atoms with Crippen LogP contribution in [0.4, 0.5) is 13.6 Å². The highest BCUT2D eigenvalue weighted by Gasteiger charge is 2.53. The number of hydrogen-bond donors (Lipinski definition) is 1. The molecule has 1 aliphatic carbocycles. The van der Waals surface area contributed by atoms with Gasteiger partial charge >= 0.3 is 12.4 Å². The number of nitrogens with one attached hydrogen (secondary N) is 1. The van der Waals surface area contributed by atoms with Crippen molar-refractivity contribution in [3.8, 4) is 11.5 Å². The Labute approximate surface area is 159 Å². The molecule has 1 saturated carbocycles. The van der Waals surface area contributed by atoms with Gasteiger partial charge in [0.1, 0.15) is 6.61 Å². The van der Waals surface area contributed by atoms with Crippen molar-refractivity contribution in [1.29, 1.82) is 0 Å². The lowest BCUT2D eigenvalue weighted by atomic mass is 9.68. The molecule has 1 N–H and O–H groups in total. The van der Waals surface area contributed by atoms with E-state index in [-0.39, 0.29) is 34.8 Å². The van der Waals surface area contributed by atoms with Gasteiger partial charge in [-0.05, 0) is 49.3 Å². The SMILES string of the molecule is O=C1N[C@]2(CO1)C[C@H](C(=O)N1CCC(c3ccc4c(c3)OC(F)(F)O4)CC1)C2. The Balaban J connectivity index is 1.16. The molecule has 0 bridgehead atoms. The first-order chi connectivity index (χ1) is 13.3. The second kappa shape index (κ2) is 5.96. The monoisotopic (exact) mass is 394 g/mol. The van der Waals surface area contributed by atoms with Crippen molar-refractivity contribution in [2.24, 2.45) is 5.92 Å². The molecule has 28 heavy (non-hydrogen) atoms. The standard InChI is InChI=1S/C19H20F2N2O5/c20-19(21)27-14-2-1-12(7-15(14)28-19)11-3-5-23(6-4-11)16(24)13-8-18(9-13)10-26-17(25)22-18/h1-2,7,11,13H,3-6,8-10H2,(H,22,25)/t13-,18+. The van der Waals surface area contributed by atoms with Gasteiger partial charge in [0, 0.05) is 19.0 Å². The van der Waals surface area contributed by atoms with Gasteiger partial charge in [-0.2, -0.15) is 0 Å². The van der Waals surface area contributed by atoms with Gasteiger partial charge in [0.2, 0.25) is 5.91 Å². The van der Waals surface area contributed by atoms with Crippen molar-refractivity contribution in [3.05, 3.63) is 23.8 Å². The van der Waals surface area contributed by atoms with E-state index in [0.29, 0.717) is 32.5 Å². The van der Waals surface area contributed by atoms with E-state index in [1.165, 1.54) is 6.07 Å². The summed E-state index contributed by atoms with van der Waals surface area (Å²) >= 11 is 0. The summed E-state index contributed by atoms with van der Waals surface area (Å²) in [6.07, 6.45) is -1.25. The highest BCUT2D eigenvalue weighted by molar-refractivity contribution is 5.81. The van der Waals surface area contributed by atoms with Crippen molar-refractivity contribution in [1.82, 2.24) is 10.2 Å². The van der Waals surface area contributed by atoms with Gasteiger partial charge < -0.3 is 24.4 Å².